The number of hydrazone groups is 1. The molecule has 0 aliphatic heterocycles. The Labute approximate surface area is 285 Å². The van der Waals surface area contributed by atoms with E-state index in [1.165, 1.54) is 42.4 Å². The first-order chi connectivity index (χ1) is 23.6. The van der Waals surface area contributed by atoms with Gasteiger partial charge in [-0.15, -0.1) is 13.2 Å². The Morgan fingerprint density at radius 3 is 2.29 bits per heavy atom. The summed E-state index contributed by atoms with van der Waals surface area (Å²) in [5, 5.41) is 9.37. The molecule has 9 nitrogen and oxygen atoms in total. The van der Waals surface area contributed by atoms with Crippen LogP contribution in [0, 0.1) is 20.8 Å². The van der Waals surface area contributed by atoms with Gasteiger partial charge in [0.1, 0.15) is 29.4 Å². The molecule has 5 aromatic rings. The molecule has 1 aromatic heterocycles. The third-order valence-electron chi connectivity index (χ3n) is 7.09. The van der Waals surface area contributed by atoms with E-state index in [9.17, 15) is 13.2 Å². The number of aromatic nitrogens is 1. The number of ether oxygens (including phenoxy) is 1. The van der Waals surface area contributed by atoms with Crippen LogP contribution in [0.5, 0.6) is 5.75 Å². The van der Waals surface area contributed by atoms with E-state index in [0.717, 1.165) is 45.0 Å². The average molecular weight is 684 g/mol. The lowest BCUT2D eigenvalue weighted by Gasteiger charge is -2.09. The highest BCUT2D eigenvalue weighted by Gasteiger charge is 2.31. The topological polar surface area (TPSA) is 123 Å². The summed E-state index contributed by atoms with van der Waals surface area (Å²) in [5.74, 6) is 1.17. The maximum atomic E-state index is 12.3. The Balaban J connectivity index is 1.26. The molecular formula is C36H32F3N7O2S. The Morgan fingerprint density at radius 1 is 0.918 bits per heavy atom. The second-order valence-electron chi connectivity index (χ2n) is 10.7. The predicted molar refractivity (Wildman–Crippen MR) is 190 cm³/mol. The van der Waals surface area contributed by atoms with Gasteiger partial charge in [-0.3, -0.25) is 5.43 Å². The molecule has 0 saturated heterocycles. The maximum Gasteiger partial charge on any atom is 0.573 e. The molecule has 250 valence electrons. The van der Waals surface area contributed by atoms with Crippen LogP contribution in [-0.2, 0) is 5.75 Å². The van der Waals surface area contributed by atoms with Gasteiger partial charge in [0.25, 0.3) is 0 Å². The molecule has 0 saturated carbocycles. The Kier molecular flexibility index (Phi) is 11.3. The summed E-state index contributed by atoms with van der Waals surface area (Å²) in [5.41, 5.74) is 16.8. The van der Waals surface area contributed by atoms with E-state index in [0.29, 0.717) is 22.2 Å². The highest BCUT2D eigenvalue weighted by atomic mass is 32.2. The monoisotopic (exact) mass is 683 g/mol. The van der Waals surface area contributed by atoms with E-state index >= 15 is 0 Å². The molecule has 0 spiro atoms. The summed E-state index contributed by atoms with van der Waals surface area (Å²) in [4.78, 5) is 13.2. The number of para-hydroxylation sites is 1. The van der Waals surface area contributed by atoms with Gasteiger partial charge < -0.3 is 15.0 Å². The molecule has 1 heterocycles. The first-order valence-corrected chi connectivity index (χ1v) is 15.9. The van der Waals surface area contributed by atoms with Crippen molar-refractivity contribution in [1.29, 1.82) is 0 Å². The van der Waals surface area contributed by atoms with Gasteiger partial charge in [-0.1, -0.05) is 89.7 Å². The number of halogens is 3. The van der Waals surface area contributed by atoms with Crippen molar-refractivity contribution in [2.24, 2.45) is 25.8 Å². The zero-order valence-corrected chi connectivity index (χ0v) is 27.6. The van der Waals surface area contributed by atoms with Crippen LogP contribution in [0.3, 0.4) is 0 Å². The lowest BCUT2D eigenvalue weighted by Crippen LogP contribution is -2.16. The fraction of sp³-hybridized carbons (Fsp3) is 0.139. The number of thioether (sulfide) groups is 1. The standard InChI is InChI=1S/C36H32F3N7O2S/c1-23-8-7-9-24(2)32(23)44-35(49-21-31-25(3)48-46-33(31)27-10-5-4-6-11-27)45-43-20-26-12-14-28(15-13-26)34(40)42-22-41-29-16-18-30(19-17-29)47-36(37,38)39/h4-20,22H,21H2,1-3H3,(H,44,45)(H2,40,41,42)/b43-20-. The van der Waals surface area contributed by atoms with Gasteiger partial charge in [-0.25, -0.2) is 15.0 Å². The van der Waals surface area contributed by atoms with Crippen LogP contribution in [-0.4, -0.2) is 35.1 Å². The second kappa shape index (κ2) is 15.9. The largest absolute Gasteiger partial charge is 0.573 e. The van der Waals surface area contributed by atoms with Crippen LogP contribution < -0.4 is 15.9 Å². The van der Waals surface area contributed by atoms with Crippen molar-refractivity contribution >= 4 is 46.7 Å². The molecule has 0 bridgehead atoms. The summed E-state index contributed by atoms with van der Waals surface area (Å²) in [6.07, 6.45) is -1.86. The van der Waals surface area contributed by atoms with Crippen molar-refractivity contribution in [3.8, 4) is 17.0 Å². The van der Waals surface area contributed by atoms with Crippen LogP contribution in [0.2, 0.25) is 0 Å². The molecule has 13 heteroatoms. The molecular weight excluding hydrogens is 652 g/mol. The van der Waals surface area contributed by atoms with Gasteiger partial charge in [-0.05, 0) is 61.7 Å². The molecule has 0 unspecified atom stereocenters. The van der Waals surface area contributed by atoms with Gasteiger partial charge in [-0.2, -0.15) is 5.10 Å². The number of aliphatic imine (C=N–C) groups is 3. The molecule has 4 aromatic carbocycles. The lowest BCUT2D eigenvalue weighted by atomic mass is 10.1. The molecule has 0 atom stereocenters. The van der Waals surface area contributed by atoms with Crippen LogP contribution in [0.4, 0.5) is 24.5 Å². The third kappa shape index (κ3) is 9.91. The van der Waals surface area contributed by atoms with Gasteiger partial charge >= 0.3 is 6.36 Å². The maximum absolute atomic E-state index is 12.3. The molecule has 0 amide bonds. The number of alkyl halides is 3. The summed E-state index contributed by atoms with van der Waals surface area (Å²) in [7, 11) is 0. The minimum atomic E-state index is -4.76. The number of aryl methyl sites for hydroxylation is 3. The molecule has 49 heavy (non-hydrogen) atoms. The van der Waals surface area contributed by atoms with E-state index in [1.807, 2.05) is 81.4 Å². The first-order valence-electron chi connectivity index (χ1n) is 14.9. The van der Waals surface area contributed by atoms with Crippen LogP contribution in [0.15, 0.2) is 122 Å². The highest BCUT2D eigenvalue weighted by molar-refractivity contribution is 8.13. The number of hydrogen-bond donors (Lipinski definition) is 2. The van der Waals surface area contributed by atoms with Crippen molar-refractivity contribution < 1.29 is 22.4 Å². The van der Waals surface area contributed by atoms with Crippen molar-refractivity contribution in [2.45, 2.75) is 32.9 Å². The number of amidine groups is 2. The molecule has 0 aliphatic rings. The predicted octanol–water partition coefficient (Wildman–Crippen LogP) is 8.78. The summed E-state index contributed by atoms with van der Waals surface area (Å²) >= 11 is 1.49. The van der Waals surface area contributed by atoms with Crippen LogP contribution >= 0.6 is 11.8 Å². The lowest BCUT2D eigenvalue weighted by molar-refractivity contribution is -0.274. The average Bonchev–Trinajstić information content (AvgIpc) is 3.45. The quantitative estimate of drug-likeness (QED) is 0.0862. The summed E-state index contributed by atoms with van der Waals surface area (Å²) in [6, 6.07) is 28.3. The molecule has 0 fully saturated rings. The molecule has 0 aliphatic carbocycles. The number of nitrogens with one attached hydrogen (secondary N) is 1. The molecule has 5 rings (SSSR count). The number of hydrogen-bond acceptors (Lipinski definition) is 7. The van der Waals surface area contributed by atoms with Crippen LogP contribution in [0.25, 0.3) is 11.3 Å². The normalized spacial score (nSPS) is 12.6. The van der Waals surface area contributed by atoms with Gasteiger partial charge in [0.05, 0.1) is 17.6 Å². The number of rotatable bonds is 10. The van der Waals surface area contributed by atoms with Crippen molar-refractivity contribution in [1.82, 2.24) is 10.6 Å². The Morgan fingerprint density at radius 2 is 1.61 bits per heavy atom. The van der Waals surface area contributed by atoms with Crippen molar-refractivity contribution in [2.75, 3.05) is 0 Å². The zero-order chi connectivity index (χ0) is 34.8. The second-order valence-corrected chi connectivity index (χ2v) is 11.6. The van der Waals surface area contributed by atoms with Gasteiger partial charge in [0.15, 0.2) is 5.17 Å². The fourth-order valence-electron chi connectivity index (χ4n) is 4.57. The van der Waals surface area contributed by atoms with Gasteiger partial charge in [0, 0.05) is 22.4 Å². The fourth-order valence-corrected chi connectivity index (χ4v) is 5.46. The summed E-state index contributed by atoms with van der Waals surface area (Å²) in [6.45, 7) is 5.94. The zero-order valence-electron chi connectivity index (χ0n) is 26.8. The Bertz CT molecular complexity index is 1970. The highest BCUT2D eigenvalue weighted by Crippen LogP contribution is 2.30. The first kappa shape index (κ1) is 34.6. The van der Waals surface area contributed by atoms with Crippen LogP contribution in [0.1, 0.15) is 33.6 Å². The van der Waals surface area contributed by atoms with Crippen molar-refractivity contribution in [3.05, 3.63) is 131 Å². The Hall–Kier alpha value is -5.69. The van der Waals surface area contributed by atoms with Crippen molar-refractivity contribution in [3.63, 3.8) is 0 Å². The van der Waals surface area contributed by atoms with E-state index in [4.69, 9.17) is 15.2 Å². The molecule has 0 radical (unpaired) electrons. The minimum Gasteiger partial charge on any atom is -0.406 e. The minimum absolute atomic E-state index is 0.209. The summed E-state index contributed by atoms with van der Waals surface area (Å²) < 4.78 is 46.4. The smallest absolute Gasteiger partial charge is 0.406 e. The van der Waals surface area contributed by atoms with E-state index in [-0.39, 0.29) is 11.6 Å². The third-order valence-corrected chi connectivity index (χ3v) is 7.98. The van der Waals surface area contributed by atoms with Gasteiger partial charge in [0.2, 0.25) is 0 Å². The number of nitrogens with two attached hydrogens (primary N) is 1. The van der Waals surface area contributed by atoms with E-state index in [1.54, 1.807) is 18.3 Å². The SMILES string of the molecule is Cc1cccc(C)c1N=C(N/N=C\c1ccc(C(N)=NC=Nc2ccc(OC(F)(F)F)cc2)cc1)SCc1c(-c2ccccc2)noc1C. The van der Waals surface area contributed by atoms with E-state index < -0.39 is 6.36 Å². The van der Waals surface area contributed by atoms with E-state index in [2.05, 4.69) is 30.4 Å². The number of nitrogens with zero attached hydrogens (tertiary/aromatic N) is 5. The number of benzene rings is 4. The molecule has 3 N–H and O–H groups in total.